The molecule has 3 aromatic carbocycles. The number of carboxylic acid groups (broad SMARTS) is 1. The van der Waals surface area contributed by atoms with Crippen LogP contribution in [-0.2, 0) is 59.2 Å². The minimum absolute atomic E-state index is 0.0336. The highest BCUT2D eigenvalue weighted by Gasteiger charge is 2.40. The van der Waals surface area contributed by atoms with Crippen LogP contribution in [-0.4, -0.2) is 179 Å². The van der Waals surface area contributed by atoms with Crippen LogP contribution in [0.1, 0.15) is 107 Å². The monoisotopic (exact) mass is 1290 g/mol. The minimum Gasteiger partial charge on any atom is -0.507 e. The molecule has 0 bridgehead atoms. The van der Waals surface area contributed by atoms with Crippen LogP contribution >= 0.6 is 15.9 Å². The number of nitrogens with zero attached hydrogens (tertiary/aromatic N) is 2. The van der Waals surface area contributed by atoms with Gasteiger partial charge in [0.1, 0.15) is 48.5 Å². The van der Waals surface area contributed by atoms with Gasteiger partial charge in [-0.2, -0.15) is 0 Å². The van der Waals surface area contributed by atoms with E-state index >= 15 is 0 Å². The summed E-state index contributed by atoms with van der Waals surface area (Å²) in [4.78, 5) is 152. The van der Waals surface area contributed by atoms with E-state index in [1.807, 2.05) is 0 Å². The Morgan fingerprint density at radius 3 is 1.94 bits per heavy atom. The summed E-state index contributed by atoms with van der Waals surface area (Å²) in [6, 6.07) is 12.0. The number of hydrogen-bond donors (Lipinski definition) is 14. The second-order valence-corrected chi connectivity index (χ2v) is 22.3. The molecular formula is C59H82BrN13O15. The molecule has 1 saturated heterocycles. The molecular weight excluding hydrogens is 1210 g/mol. The number of hydrogen-bond acceptors (Lipinski definition) is 17. The van der Waals surface area contributed by atoms with Gasteiger partial charge >= 0.3 is 5.97 Å². The van der Waals surface area contributed by atoms with Crippen LogP contribution in [0.5, 0.6) is 5.75 Å². The number of nitrogens with one attached hydrogen (secondary N) is 9. The van der Waals surface area contributed by atoms with Gasteiger partial charge in [-0.15, -0.1) is 0 Å². The smallest absolute Gasteiger partial charge is 0.322 e. The number of rotatable bonds is 36. The second kappa shape index (κ2) is 37.2. The number of benzene rings is 3. The van der Waals surface area contributed by atoms with E-state index in [1.54, 1.807) is 81.4 Å². The molecule has 29 heteroatoms. The van der Waals surface area contributed by atoms with Crippen molar-refractivity contribution in [1.82, 2.24) is 47.4 Å². The number of aliphatic carboxylic acids is 1. The van der Waals surface area contributed by atoms with Gasteiger partial charge in [0.2, 0.25) is 47.3 Å². The number of aromatic hydroxyl groups is 1. The Kier molecular flexibility index (Phi) is 30.4. The molecule has 0 unspecified atom stereocenters. The van der Waals surface area contributed by atoms with E-state index in [0.717, 1.165) is 0 Å². The number of carboxylic acids is 1. The number of halogens is 1. The summed E-state index contributed by atoms with van der Waals surface area (Å²) in [5, 5.41) is 56.6. The standard InChI is InChI=1S/C59H82BrN13O15/c1-34(2)27-44(70-56(84)45(28-37-13-6-5-7-14-37)67-48(76)30-63-50(78)33-88-72-35(3)38-18-21-40(22-19-38)66-53(81)41-29-39(60)20-23-47(41)75)55(83)64-31-49(77)71-52(36(4)74)58(86)69-43(16-9-11-25-62)59(87)73-26-12-17-46(73)57(85)68-42(15-8-10-24-61)54(82)65-32-51(79)80/h5-7,13-14,18-23,29,34,36,42-46,52,74-75H,8-12,15-17,24-28,30-33,61-62H2,1-4H3,(H,63,78)(H,64,83)(H,65,82)(H,66,81)(H,67,76)(H,68,85)(H,69,86)(H,70,84)(H,71,77)(H,79,80)/b72-35+/t36-,42+,43+,44+,45+,46+,52+/m1/s1. The Morgan fingerprint density at radius 2 is 1.31 bits per heavy atom. The molecule has 0 spiro atoms. The lowest BCUT2D eigenvalue weighted by atomic mass is 10.0. The van der Waals surface area contributed by atoms with Crippen molar-refractivity contribution in [3.05, 3.63) is 94.0 Å². The quantitative estimate of drug-likeness (QED) is 0.0206. The molecule has 10 amide bonds. The molecule has 0 aliphatic carbocycles. The number of unbranched alkanes of at least 4 members (excludes halogenated alkanes) is 2. The third-order valence-electron chi connectivity index (χ3n) is 13.8. The zero-order chi connectivity index (χ0) is 64.9. The van der Waals surface area contributed by atoms with Gasteiger partial charge in [-0.05, 0) is 132 Å². The average Bonchev–Trinajstić information content (AvgIpc) is 4.23. The van der Waals surface area contributed by atoms with Crippen molar-refractivity contribution in [3.8, 4) is 5.75 Å². The molecule has 480 valence electrons. The second-order valence-electron chi connectivity index (χ2n) is 21.4. The van der Waals surface area contributed by atoms with E-state index in [4.69, 9.17) is 21.4 Å². The number of carbonyl (C=O) groups excluding carboxylic acids is 10. The number of phenols is 1. The Morgan fingerprint density at radius 1 is 0.693 bits per heavy atom. The highest BCUT2D eigenvalue weighted by atomic mass is 79.9. The summed E-state index contributed by atoms with van der Waals surface area (Å²) < 4.78 is 0.611. The highest BCUT2D eigenvalue weighted by molar-refractivity contribution is 9.10. The van der Waals surface area contributed by atoms with E-state index in [0.29, 0.717) is 65.6 Å². The topological polar surface area (TPSA) is 434 Å². The van der Waals surface area contributed by atoms with Gasteiger partial charge in [-0.3, -0.25) is 52.7 Å². The van der Waals surface area contributed by atoms with Crippen molar-refractivity contribution in [2.45, 2.75) is 134 Å². The number of aliphatic hydroxyl groups is 1. The van der Waals surface area contributed by atoms with Crippen LogP contribution in [0.4, 0.5) is 5.69 Å². The number of phenolic OH excluding ortho intramolecular Hbond substituents is 1. The van der Waals surface area contributed by atoms with Crippen molar-refractivity contribution < 1.29 is 72.9 Å². The first-order valence-electron chi connectivity index (χ1n) is 28.9. The van der Waals surface area contributed by atoms with Crippen molar-refractivity contribution in [3.63, 3.8) is 0 Å². The maximum Gasteiger partial charge on any atom is 0.322 e. The molecule has 28 nitrogen and oxygen atoms in total. The van der Waals surface area contributed by atoms with Crippen molar-refractivity contribution >= 4 is 92.4 Å². The predicted molar refractivity (Wildman–Crippen MR) is 327 cm³/mol. The summed E-state index contributed by atoms with van der Waals surface area (Å²) in [6.07, 6.45) is 1.09. The molecule has 1 aliphatic heterocycles. The maximum absolute atomic E-state index is 14.2. The van der Waals surface area contributed by atoms with Gasteiger partial charge in [0, 0.05) is 23.1 Å². The van der Waals surface area contributed by atoms with E-state index in [9.17, 15) is 63.0 Å². The number of likely N-dealkylation sites (tertiary alicyclic amines) is 1. The van der Waals surface area contributed by atoms with Crippen LogP contribution in [0.2, 0.25) is 0 Å². The van der Waals surface area contributed by atoms with Crippen LogP contribution in [0, 0.1) is 5.92 Å². The molecule has 4 rings (SSSR count). The van der Waals surface area contributed by atoms with Gasteiger partial charge in [0.25, 0.3) is 11.8 Å². The Hall–Kier alpha value is -8.54. The molecule has 1 aliphatic rings. The Balaban J connectivity index is 1.35. The summed E-state index contributed by atoms with van der Waals surface area (Å²) >= 11 is 3.28. The largest absolute Gasteiger partial charge is 0.507 e. The first-order chi connectivity index (χ1) is 41.9. The van der Waals surface area contributed by atoms with Crippen LogP contribution < -0.4 is 59.3 Å². The molecule has 1 fully saturated rings. The van der Waals surface area contributed by atoms with Crippen LogP contribution in [0.15, 0.2) is 82.4 Å². The SMILES string of the molecule is C/C(=N\OCC(=O)NCC(=O)N[C@@H](Cc1ccccc1)C(=O)N[C@@H](CC(C)C)C(=O)NCC(=O)N[C@H](C(=O)N[C@@H](CCCCN)C(=O)N1CCC[C@H]1C(=O)N[C@@H](CCCCN)C(=O)NCC(=O)O)[C@@H](C)O)c1ccc(NC(=O)c2cc(Br)ccc2O)cc1. The molecule has 3 aromatic rings. The predicted octanol–water partition coefficient (Wildman–Crippen LogP) is -0.0766. The number of carbonyl (C=O) groups is 11. The zero-order valence-electron chi connectivity index (χ0n) is 49.7. The van der Waals surface area contributed by atoms with Crippen molar-refractivity contribution in [1.29, 1.82) is 0 Å². The third kappa shape index (κ3) is 24.7. The van der Waals surface area contributed by atoms with Gasteiger partial charge < -0.3 is 84.4 Å². The molecule has 16 N–H and O–H groups in total. The lowest BCUT2D eigenvalue weighted by Crippen LogP contribution is -2.60. The fourth-order valence-electron chi connectivity index (χ4n) is 9.18. The normalized spacial score (nSPS) is 15.0. The summed E-state index contributed by atoms with van der Waals surface area (Å²) in [7, 11) is 0. The lowest BCUT2D eigenvalue weighted by molar-refractivity contribution is -0.143. The Bertz CT molecular complexity index is 2920. The number of anilines is 1. The molecule has 7 atom stereocenters. The van der Waals surface area contributed by atoms with Crippen molar-refractivity contribution in [2.75, 3.05) is 51.2 Å². The average molecular weight is 1290 g/mol. The van der Waals surface area contributed by atoms with E-state index in [-0.39, 0.29) is 62.4 Å². The zero-order valence-corrected chi connectivity index (χ0v) is 51.3. The van der Waals surface area contributed by atoms with E-state index in [2.05, 4.69) is 68.9 Å². The number of aliphatic hydroxyl groups excluding tert-OH is 1. The summed E-state index contributed by atoms with van der Waals surface area (Å²) in [6.45, 7) is 4.54. The van der Waals surface area contributed by atoms with Crippen LogP contribution in [0.25, 0.3) is 0 Å². The molecule has 1 heterocycles. The van der Waals surface area contributed by atoms with E-state index < -0.39 is 134 Å². The third-order valence-corrected chi connectivity index (χ3v) is 14.3. The number of nitrogens with two attached hydrogens (primary N) is 2. The fourth-order valence-corrected chi connectivity index (χ4v) is 9.55. The highest BCUT2D eigenvalue weighted by Crippen LogP contribution is 2.24. The Labute approximate surface area is 518 Å². The number of amides is 10. The van der Waals surface area contributed by atoms with Gasteiger partial charge in [-0.25, -0.2) is 0 Å². The first kappa shape index (κ1) is 71.9. The minimum atomic E-state index is -1.66. The maximum atomic E-state index is 14.2. The molecule has 0 saturated carbocycles. The summed E-state index contributed by atoms with van der Waals surface area (Å²) in [5.41, 5.74) is 13.5. The van der Waals surface area contributed by atoms with Gasteiger partial charge in [0.15, 0.2) is 6.61 Å². The van der Waals surface area contributed by atoms with Crippen LogP contribution in [0.3, 0.4) is 0 Å². The van der Waals surface area contributed by atoms with Gasteiger partial charge in [0.05, 0.1) is 30.5 Å². The van der Waals surface area contributed by atoms with E-state index in [1.165, 1.54) is 24.0 Å². The first-order valence-corrected chi connectivity index (χ1v) is 29.7. The van der Waals surface area contributed by atoms with Gasteiger partial charge in [-0.1, -0.05) is 77.4 Å². The summed E-state index contributed by atoms with van der Waals surface area (Å²) in [5.74, 6) is -9.19. The molecule has 0 aromatic heterocycles. The molecule has 0 radical (unpaired) electrons. The number of oxime groups is 1. The molecule has 88 heavy (non-hydrogen) atoms. The lowest BCUT2D eigenvalue weighted by Gasteiger charge is -2.31. The fraction of sp³-hybridized carbons (Fsp3) is 0.492. The van der Waals surface area contributed by atoms with Crippen molar-refractivity contribution in [2.24, 2.45) is 22.5 Å².